The Hall–Kier alpha value is -3.04. The van der Waals surface area contributed by atoms with Gasteiger partial charge in [0.1, 0.15) is 11.9 Å². The van der Waals surface area contributed by atoms with Crippen LogP contribution in [0, 0.1) is 13.8 Å². The third-order valence-electron chi connectivity index (χ3n) is 5.20. The molecule has 9 nitrogen and oxygen atoms in total. The predicted octanol–water partition coefficient (Wildman–Crippen LogP) is 2.28. The van der Waals surface area contributed by atoms with E-state index in [1.165, 1.54) is 16.8 Å². The van der Waals surface area contributed by atoms with E-state index in [1.807, 2.05) is 39.0 Å². The molecule has 0 saturated carbocycles. The number of anilines is 2. The number of amides is 2. The van der Waals surface area contributed by atoms with E-state index in [0.29, 0.717) is 12.8 Å². The SMILES string of the molecule is Cc1cccc(C)c1NC(=O)CCCC(=O)Nc1ccn(C2OC(C)CC2O)c(=O)n1. The molecule has 9 heteroatoms. The number of aromatic nitrogens is 2. The summed E-state index contributed by atoms with van der Waals surface area (Å²) in [5.74, 6) is -0.377. The highest BCUT2D eigenvalue weighted by molar-refractivity contribution is 5.93. The number of carbonyl (C=O) groups excluding carboxylic acids is 2. The Morgan fingerprint density at radius 1 is 1.16 bits per heavy atom. The van der Waals surface area contributed by atoms with Gasteiger partial charge in [0.05, 0.1) is 6.10 Å². The van der Waals surface area contributed by atoms with Gasteiger partial charge < -0.3 is 20.5 Å². The largest absolute Gasteiger partial charge is 0.388 e. The number of hydrogen-bond donors (Lipinski definition) is 3. The maximum absolute atomic E-state index is 12.2. The van der Waals surface area contributed by atoms with E-state index in [4.69, 9.17) is 4.74 Å². The number of rotatable bonds is 7. The van der Waals surface area contributed by atoms with Crippen LogP contribution in [-0.4, -0.2) is 38.7 Å². The van der Waals surface area contributed by atoms with E-state index in [0.717, 1.165) is 16.8 Å². The molecule has 0 spiro atoms. The summed E-state index contributed by atoms with van der Waals surface area (Å²) in [6.45, 7) is 5.67. The van der Waals surface area contributed by atoms with Gasteiger partial charge >= 0.3 is 5.69 Å². The summed E-state index contributed by atoms with van der Waals surface area (Å²) in [5, 5.41) is 15.5. The van der Waals surface area contributed by atoms with Crippen molar-refractivity contribution >= 4 is 23.3 Å². The second-order valence-electron chi connectivity index (χ2n) is 7.86. The second kappa shape index (κ2) is 9.84. The molecule has 1 aromatic carbocycles. The van der Waals surface area contributed by atoms with Gasteiger partial charge in [0.25, 0.3) is 0 Å². The van der Waals surface area contributed by atoms with Crippen LogP contribution in [0.5, 0.6) is 0 Å². The van der Waals surface area contributed by atoms with Crippen LogP contribution in [0.25, 0.3) is 0 Å². The van der Waals surface area contributed by atoms with E-state index in [-0.39, 0.29) is 36.6 Å². The van der Waals surface area contributed by atoms with Crippen molar-refractivity contribution in [2.24, 2.45) is 0 Å². The number of aliphatic hydroxyl groups excluding tert-OH is 1. The minimum Gasteiger partial charge on any atom is -0.388 e. The lowest BCUT2D eigenvalue weighted by Gasteiger charge is -2.17. The van der Waals surface area contributed by atoms with E-state index in [1.54, 1.807) is 0 Å². The summed E-state index contributed by atoms with van der Waals surface area (Å²) < 4.78 is 6.75. The number of aliphatic hydroxyl groups is 1. The molecule has 0 bridgehead atoms. The number of aryl methyl sites for hydroxylation is 2. The molecule has 1 aromatic heterocycles. The average Bonchev–Trinajstić information content (AvgIpc) is 3.03. The zero-order chi connectivity index (χ0) is 22.5. The van der Waals surface area contributed by atoms with Crippen molar-refractivity contribution in [3.05, 3.63) is 52.1 Å². The molecule has 0 radical (unpaired) electrons. The standard InChI is InChI=1S/C22H28N4O5/c1-13-6-4-7-14(2)20(13)25-19(29)9-5-8-18(28)23-17-10-11-26(22(30)24-17)21-16(27)12-15(3)31-21/h4,6-7,10-11,15-16,21,27H,5,8-9,12H2,1-3H3,(H,25,29)(H,23,24,28,30). The van der Waals surface area contributed by atoms with Gasteiger partial charge in [0.15, 0.2) is 6.23 Å². The summed E-state index contributed by atoms with van der Waals surface area (Å²) in [4.78, 5) is 40.4. The molecule has 1 saturated heterocycles. The van der Waals surface area contributed by atoms with Gasteiger partial charge in [-0.05, 0) is 44.4 Å². The Balaban J connectivity index is 1.48. The number of nitrogens with zero attached hydrogens (tertiary/aromatic N) is 2. The topological polar surface area (TPSA) is 123 Å². The van der Waals surface area contributed by atoms with Crippen LogP contribution in [0.2, 0.25) is 0 Å². The van der Waals surface area contributed by atoms with Crippen LogP contribution in [0.3, 0.4) is 0 Å². The minimum absolute atomic E-state index is 0.117. The fourth-order valence-corrected chi connectivity index (χ4v) is 3.60. The van der Waals surface area contributed by atoms with Crippen LogP contribution in [0.1, 0.15) is 50.0 Å². The minimum atomic E-state index is -0.787. The van der Waals surface area contributed by atoms with Gasteiger partial charge in [-0.1, -0.05) is 18.2 Å². The summed E-state index contributed by atoms with van der Waals surface area (Å²) in [5.41, 5.74) is 2.14. The van der Waals surface area contributed by atoms with Gasteiger partial charge in [-0.3, -0.25) is 14.2 Å². The molecule has 166 valence electrons. The van der Waals surface area contributed by atoms with Crippen molar-refractivity contribution < 1.29 is 19.4 Å². The third kappa shape index (κ3) is 5.77. The lowest BCUT2D eigenvalue weighted by Crippen LogP contribution is -2.32. The quantitative estimate of drug-likeness (QED) is 0.622. The van der Waals surface area contributed by atoms with Crippen LogP contribution in [0.4, 0.5) is 11.5 Å². The predicted molar refractivity (Wildman–Crippen MR) is 116 cm³/mol. The molecule has 0 aliphatic carbocycles. The Morgan fingerprint density at radius 2 is 1.81 bits per heavy atom. The summed E-state index contributed by atoms with van der Waals surface area (Å²) in [6, 6.07) is 7.26. The van der Waals surface area contributed by atoms with E-state index >= 15 is 0 Å². The van der Waals surface area contributed by atoms with Crippen molar-refractivity contribution in [3.63, 3.8) is 0 Å². The summed E-state index contributed by atoms with van der Waals surface area (Å²) in [7, 11) is 0. The first kappa shape index (κ1) is 22.6. The molecule has 3 rings (SSSR count). The summed E-state index contributed by atoms with van der Waals surface area (Å²) >= 11 is 0. The number of benzene rings is 1. The highest BCUT2D eigenvalue weighted by atomic mass is 16.5. The van der Waals surface area contributed by atoms with Crippen molar-refractivity contribution in [1.29, 1.82) is 0 Å². The van der Waals surface area contributed by atoms with Gasteiger partial charge in [-0.15, -0.1) is 0 Å². The fraction of sp³-hybridized carbons (Fsp3) is 0.455. The maximum Gasteiger partial charge on any atom is 0.351 e. The molecular formula is C22H28N4O5. The van der Waals surface area contributed by atoms with E-state index in [9.17, 15) is 19.5 Å². The van der Waals surface area contributed by atoms with Crippen molar-refractivity contribution in [1.82, 2.24) is 9.55 Å². The van der Waals surface area contributed by atoms with Crippen LogP contribution < -0.4 is 16.3 Å². The zero-order valence-electron chi connectivity index (χ0n) is 17.9. The summed E-state index contributed by atoms with van der Waals surface area (Å²) in [6.07, 6.45) is 0.831. The lowest BCUT2D eigenvalue weighted by atomic mass is 10.1. The Kier molecular flexibility index (Phi) is 7.19. The number of para-hydroxylation sites is 1. The molecule has 3 unspecified atom stereocenters. The van der Waals surface area contributed by atoms with Crippen LogP contribution in [0.15, 0.2) is 35.3 Å². The van der Waals surface area contributed by atoms with Gasteiger partial charge in [-0.2, -0.15) is 4.98 Å². The number of carbonyl (C=O) groups is 2. The maximum atomic E-state index is 12.2. The van der Waals surface area contributed by atoms with E-state index < -0.39 is 18.0 Å². The monoisotopic (exact) mass is 428 g/mol. The molecule has 3 atom stereocenters. The lowest BCUT2D eigenvalue weighted by molar-refractivity contribution is -0.117. The second-order valence-corrected chi connectivity index (χ2v) is 7.86. The molecule has 2 aromatic rings. The van der Waals surface area contributed by atoms with Gasteiger partial charge in [0, 0.05) is 31.1 Å². The first-order valence-corrected chi connectivity index (χ1v) is 10.3. The highest BCUT2D eigenvalue weighted by Crippen LogP contribution is 2.27. The number of hydrogen-bond acceptors (Lipinski definition) is 6. The molecule has 3 N–H and O–H groups in total. The van der Waals surface area contributed by atoms with Crippen LogP contribution in [-0.2, 0) is 14.3 Å². The normalized spacial score (nSPS) is 20.5. The van der Waals surface area contributed by atoms with Gasteiger partial charge in [-0.25, -0.2) is 4.79 Å². The van der Waals surface area contributed by atoms with Crippen molar-refractivity contribution in [3.8, 4) is 0 Å². The van der Waals surface area contributed by atoms with Crippen molar-refractivity contribution in [2.45, 2.75) is 64.9 Å². The molecule has 31 heavy (non-hydrogen) atoms. The Morgan fingerprint density at radius 3 is 2.39 bits per heavy atom. The highest BCUT2D eigenvalue weighted by Gasteiger charge is 2.33. The number of nitrogens with one attached hydrogen (secondary N) is 2. The van der Waals surface area contributed by atoms with Crippen LogP contribution >= 0.6 is 0 Å². The third-order valence-corrected chi connectivity index (χ3v) is 5.20. The van der Waals surface area contributed by atoms with Gasteiger partial charge in [0.2, 0.25) is 11.8 Å². The fourth-order valence-electron chi connectivity index (χ4n) is 3.60. The molecule has 1 aliphatic heterocycles. The Bertz CT molecular complexity index is 999. The zero-order valence-corrected chi connectivity index (χ0v) is 17.9. The van der Waals surface area contributed by atoms with Crippen molar-refractivity contribution in [2.75, 3.05) is 10.6 Å². The molecule has 2 heterocycles. The molecule has 2 amide bonds. The number of ether oxygens (including phenoxy) is 1. The first-order valence-electron chi connectivity index (χ1n) is 10.3. The average molecular weight is 428 g/mol. The molecule has 1 aliphatic rings. The molecule has 1 fully saturated rings. The molecular weight excluding hydrogens is 400 g/mol. The van der Waals surface area contributed by atoms with E-state index in [2.05, 4.69) is 15.6 Å². The smallest absolute Gasteiger partial charge is 0.351 e. The first-order chi connectivity index (χ1) is 14.7. The Labute approximate surface area is 180 Å².